The van der Waals surface area contributed by atoms with Crippen LogP contribution in [0.3, 0.4) is 0 Å². The molecule has 2 rings (SSSR count). The van der Waals surface area contributed by atoms with Crippen molar-refractivity contribution in [3.63, 3.8) is 0 Å². The van der Waals surface area contributed by atoms with Crippen LogP contribution < -0.4 is 5.73 Å². The number of nitrogens with two attached hydrogens (primary N) is 1. The first-order valence-corrected chi connectivity index (χ1v) is 7.29. The van der Waals surface area contributed by atoms with Gasteiger partial charge in [0.2, 0.25) is 0 Å². The first kappa shape index (κ1) is 13.0. The minimum atomic E-state index is 0.192. The average Bonchev–Trinajstić information content (AvgIpc) is 2.86. The number of likely N-dealkylation sites (N-methyl/N-ethyl adjacent to an activating group) is 1. The molecule has 0 amide bonds. The highest BCUT2D eigenvalue weighted by Gasteiger charge is 2.42. The number of rotatable bonds is 4. The van der Waals surface area contributed by atoms with Gasteiger partial charge in [0.15, 0.2) is 0 Å². The lowest BCUT2D eigenvalue weighted by Gasteiger charge is -2.41. The van der Waals surface area contributed by atoms with Crippen molar-refractivity contribution < 1.29 is 0 Å². The van der Waals surface area contributed by atoms with E-state index in [4.69, 9.17) is 5.73 Å². The number of aryl methyl sites for hydroxylation is 1. The zero-order valence-electron chi connectivity index (χ0n) is 11.1. The largest absolute Gasteiger partial charge is 0.329 e. The molecule has 1 saturated carbocycles. The highest BCUT2D eigenvalue weighted by molar-refractivity contribution is 7.09. The maximum Gasteiger partial charge on any atom is 0.0897 e. The van der Waals surface area contributed by atoms with E-state index in [-0.39, 0.29) is 5.54 Å². The van der Waals surface area contributed by atoms with Crippen LogP contribution in [0.5, 0.6) is 0 Å². The second-order valence-corrected chi connectivity index (χ2v) is 6.38. The van der Waals surface area contributed by atoms with Crippen molar-refractivity contribution in [1.29, 1.82) is 0 Å². The molecule has 0 aromatic carbocycles. The van der Waals surface area contributed by atoms with Gasteiger partial charge in [-0.2, -0.15) is 0 Å². The Balaban J connectivity index is 2.10. The molecule has 0 saturated heterocycles. The number of hydrogen-bond donors (Lipinski definition) is 1. The molecule has 2 N–H and O–H groups in total. The third-order valence-electron chi connectivity index (χ3n) is 4.34. The predicted octanol–water partition coefficient (Wildman–Crippen LogP) is 2.40. The lowest BCUT2D eigenvalue weighted by atomic mass is 9.86. The lowest BCUT2D eigenvalue weighted by molar-refractivity contribution is 0.0831. The monoisotopic (exact) mass is 253 g/mol. The summed E-state index contributed by atoms with van der Waals surface area (Å²) in [5, 5.41) is 3.31. The molecule has 0 radical (unpaired) electrons. The molecule has 17 heavy (non-hydrogen) atoms. The van der Waals surface area contributed by atoms with Crippen LogP contribution in [-0.4, -0.2) is 29.0 Å². The Morgan fingerprint density at radius 2 is 2.41 bits per heavy atom. The molecule has 2 unspecified atom stereocenters. The summed E-state index contributed by atoms with van der Waals surface area (Å²) in [6.07, 6.45) is 3.83. The molecule has 2 atom stereocenters. The number of nitrogens with zero attached hydrogens (tertiary/aromatic N) is 2. The van der Waals surface area contributed by atoms with E-state index in [9.17, 15) is 0 Å². The summed E-state index contributed by atoms with van der Waals surface area (Å²) < 4.78 is 0. The Labute approximate surface area is 108 Å². The molecular formula is C13H23N3S. The Morgan fingerprint density at radius 3 is 2.88 bits per heavy atom. The molecule has 0 aliphatic heterocycles. The molecule has 1 aromatic rings. The summed E-state index contributed by atoms with van der Waals surface area (Å²) in [6.45, 7) is 6.08. The summed E-state index contributed by atoms with van der Waals surface area (Å²) in [5.74, 6) is 0.692. The van der Waals surface area contributed by atoms with Crippen LogP contribution in [0.1, 0.15) is 36.9 Å². The fraction of sp³-hybridized carbons (Fsp3) is 0.769. The van der Waals surface area contributed by atoms with Gasteiger partial charge in [0.1, 0.15) is 0 Å². The summed E-state index contributed by atoms with van der Waals surface area (Å²) in [4.78, 5) is 6.98. The van der Waals surface area contributed by atoms with Crippen LogP contribution in [-0.2, 0) is 6.54 Å². The van der Waals surface area contributed by atoms with Gasteiger partial charge in [-0.15, -0.1) is 11.3 Å². The average molecular weight is 253 g/mol. The minimum absolute atomic E-state index is 0.192. The van der Waals surface area contributed by atoms with Crippen LogP contribution in [0.25, 0.3) is 0 Å². The molecule has 4 heteroatoms. The molecule has 1 aliphatic carbocycles. The Morgan fingerprint density at radius 1 is 1.65 bits per heavy atom. The van der Waals surface area contributed by atoms with E-state index in [0.29, 0.717) is 5.92 Å². The molecule has 3 nitrogen and oxygen atoms in total. The Bertz CT molecular complexity index is 376. The number of hydrogen-bond acceptors (Lipinski definition) is 4. The molecule has 0 spiro atoms. The van der Waals surface area contributed by atoms with Gasteiger partial charge in [0.25, 0.3) is 0 Å². The quantitative estimate of drug-likeness (QED) is 0.896. The van der Waals surface area contributed by atoms with E-state index in [1.165, 1.54) is 25.0 Å². The molecular weight excluding hydrogens is 230 g/mol. The van der Waals surface area contributed by atoms with Gasteiger partial charge < -0.3 is 5.73 Å². The normalized spacial score (nSPS) is 29.1. The molecule has 1 heterocycles. The third kappa shape index (κ3) is 2.39. The summed E-state index contributed by atoms with van der Waals surface area (Å²) >= 11 is 1.73. The van der Waals surface area contributed by atoms with Crippen molar-refractivity contribution in [3.05, 3.63) is 16.1 Å². The van der Waals surface area contributed by atoms with Crippen molar-refractivity contribution in [3.8, 4) is 0 Å². The van der Waals surface area contributed by atoms with Crippen LogP contribution in [0.2, 0.25) is 0 Å². The second kappa shape index (κ2) is 5.04. The summed E-state index contributed by atoms with van der Waals surface area (Å²) in [5.41, 5.74) is 7.43. The minimum Gasteiger partial charge on any atom is -0.329 e. The van der Waals surface area contributed by atoms with Gasteiger partial charge in [0, 0.05) is 24.0 Å². The predicted molar refractivity (Wildman–Crippen MR) is 73.1 cm³/mol. The van der Waals surface area contributed by atoms with E-state index >= 15 is 0 Å². The van der Waals surface area contributed by atoms with Gasteiger partial charge >= 0.3 is 0 Å². The van der Waals surface area contributed by atoms with Gasteiger partial charge in [-0.1, -0.05) is 13.3 Å². The van der Waals surface area contributed by atoms with Crippen LogP contribution in [0.4, 0.5) is 0 Å². The maximum atomic E-state index is 6.06. The van der Waals surface area contributed by atoms with Gasteiger partial charge in [-0.3, -0.25) is 4.90 Å². The van der Waals surface area contributed by atoms with Gasteiger partial charge in [-0.05, 0) is 32.7 Å². The number of aromatic nitrogens is 1. The smallest absolute Gasteiger partial charge is 0.0897 e. The van der Waals surface area contributed by atoms with Crippen LogP contribution in [0, 0.1) is 12.8 Å². The highest BCUT2D eigenvalue weighted by Crippen LogP contribution is 2.39. The van der Waals surface area contributed by atoms with E-state index in [1.807, 2.05) is 0 Å². The SMILES string of the molecule is Cc1nc(CN(C)C2(CN)CCCC2C)cs1. The van der Waals surface area contributed by atoms with Crippen molar-refractivity contribution in [2.45, 2.75) is 45.2 Å². The topological polar surface area (TPSA) is 42.2 Å². The lowest BCUT2D eigenvalue weighted by Crippen LogP contribution is -2.53. The second-order valence-electron chi connectivity index (χ2n) is 5.31. The molecule has 1 fully saturated rings. The van der Waals surface area contributed by atoms with Crippen LogP contribution in [0.15, 0.2) is 5.38 Å². The van der Waals surface area contributed by atoms with E-state index in [0.717, 1.165) is 18.1 Å². The first-order valence-electron chi connectivity index (χ1n) is 6.41. The zero-order chi connectivity index (χ0) is 12.5. The maximum absolute atomic E-state index is 6.06. The zero-order valence-corrected chi connectivity index (χ0v) is 11.9. The fourth-order valence-electron chi connectivity index (χ4n) is 3.14. The summed E-state index contributed by atoms with van der Waals surface area (Å²) in [7, 11) is 2.20. The third-order valence-corrected chi connectivity index (χ3v) is 5.17. The first-order chi connectivity index (χ1) is 8.08. The van der Waals surface area contributed by atoms with Crippen molar-refractivity contribution in [2.24, 2.45) is 11.7 Å². The van der Waals surface area contributed by atoms with E-state index in [2.05, 4.69) is 36.2 Å². The van der Waals surface area contributed by atoms with Gasteiger partial charge in [-0.25, -0.2) is 4.98 Å². The van der Waals surface area contributed by atoms with E-state index < -0.39 is 0 Å². The molecule has 1 aliphatic rings. The summed E-state index contributed by atoms with van der Waals surface area (Å²) in [6, 6.07) is 0. The highest BCUT2D eigenvalue weighted by atomic mass is 32.1. The van der Waals surface area contributed by atoms with Crippen molar-refractivity contribution >= 4 is 11.3 Å². The van der Waals surface area contributed by atoms with Crippen molar-refractivity contribution in [2.75, 3.05) is 13.6 Å². The molecule has 1 aromatic heterocycles. The molecule has 96 valence electrons. The van der Waals surface area contributed by atoms with Crippen molar-refractivity contribution in [1.82, 2.24) is 9.88 Å². The Hall–Kier alpha value is -0.450. The van der Waals surface area contributed by atoms with Gasteiger partial charge in [0.05, 0.1) is 10.7 Å². The standard InChI is InChI=1S/C13H23N3S/c1-10-5-4-6-13(10,9-14)16(3)7-12-8-17-11(2)15-12/h8,10H,4-7,9,14H2,1-3H3. The van der Waals surface area contributed by atoms with Crippen LogP contribution >= 0.6 is 11.3 Å². The van der Waals surface area contributed by atoms with E-state index in [1.54, 1.807) is 11.3 Å². The molecule has 0 bridgehead atoms. The Kier molecular flexibility index (Phi) is 3.85. The number of thiazole rings is 1. The fourth-order valence-corrected chi connectivity index (χ4v) is 3.74.